The molecule has 0 radical (unpaired) electrons. The third-order valence-corrected chi connectivity index (χ3v) is 3.07. The van der Waals surface area contributed by atoms with Gasteiger partial charge in [-0.25, -0.2) is 0 Å². The highest BCUT2D eigenvalue weighted by atomic mass is 79.9. The first kappa shape index (κ1) is 14.5. The second-order valence-corrected chi connectivity index (χ2v) is 4.91. The van der Waals surface area contributed by atoms with Crippen molar-refractivity contribution in [2.24, 2.45) is 7.05 Å². The second-order valence-electron chi connectivity index (χ2n) is 4.05. The molecule has 1 heterocycles. The average Bonchev–Trinajstić information content (AvgIpc) is 2.83. The van der Waals surface area contributed by atoms with Crippen LogP contribution in [0.25, 0.3) is 0 Å². The predicted octanol–water partition coefficient (Wildman–Crippen LogP) is 2.37. The molecular weight excluding hydrogens is 326 g/mol. The van der Waals surface area contributed by atoms with E-state index in [4.69, 9.17) is 9.47 Å². The molecule has 1 aromatic carbocycles. The first-order valence-electron chi connectivity index (χ1n) is 6.03. The fourth-order valence-corrected chi connectivity index (χ4v) is 2.24. The van der Waals surface area contributed by atoms with Crippen LogP contribution in [0.15, 0.2) is 22.8 Å². The highest BCUT2D eigenvalue weighted by molar-refractivity contribution is 9.10. The molecule has 1 aromatic heterocycles. The van der Waals surface area contributed by atoms with E-state index < -0.39 is 0 Å². The van der Waals surface area contributed by atoms with Gasteiger partial charge in [-0.3, -0.25) is 9.48 Å². The predicted molar refractivity (Wildman–Crippen MR) is 76.0 cm³/mol. The second kappa shape index (κ2) is 6.51. The summed E-state index contributed by atoms with van der Waals surface area (Å²) in [4.78, 5) is 10.9. The molecule has 0 unspecified atom stereocenters. The third kappa shape index (κ3) is 3.36. The molecule has 0 amide bonds. The van der Waals surface area contributed by atoms with Crippen LogP contribution in [0, 0.1) is 0 Å². The summed E-state index contributed by atoms with van der Waals surface area (Å²) in [5, 5.41) is 7.78. The lowest BCUT2D eigenvalue weighted by Gasteiger charge is -2.13. The van der Waals surface area contributed by atoms with Gasteiger partial charge in [0, 0.05) is 12.6 Å². The van der Waals surface area contributed by atoms with Crippen molar-refractivity contribution in [1.82, 2.24) is 15.0 Å². The molecule has 0 fully saturated rings. The van der Waals surface area contributed by atoms with Crippen molar-refractivity contribution in [2.45, 2.75) is 13.5 Å². The topological polar surface area (TPSA) is 66.2 Å². The summed E-state index contributed by atoms with van der Waals surface area (Å²) >= 11 is 3.38. The first-order valence-corrected chi connectivity index (χ1v) is 6.83. The van der Waals surface area contributed by atoms with Gasteiger partial charge in [0.25, 0.3) is 0 Å². The molecule has 0 aliphatic heterocycles. The molecule has 0 saturated carbocycles. The van der Waals surface area contributed by atoms with E-state index >= 15 is 0 Å². The maximum atomic E-state index is 10.9. The number of nitrogens with zero attached hydrogens (tertiary/aromatic N) is 3. The molecule has 0 bridgehead atoms. The van der Waals surface area contributed by atoms with Crippen LogP contribution >= 0.6 is 15.9 Å². The van der Waals surface area contributed by atoms with Gasteiger partial charge < -0.3 is 9.47 Å². The van der Waals surface area contributed by atoms with E-state index in [-0.39, 0.29) is 6.61 Å². The molecule has 7 heteroatoms. The van der Waals surface area contributed by atoms with Gasteiger partial charge in [0.05, 0.1) is 17.3 Å². The van der Waals surface area contributed by atoms with E-state index in [0.717, 1.165) is 6.29 Å². The Morgan fingerprint density at radius 2 is 2.20 bits per heavy atom. The normalized spacial score (nSPS) is 10.3. The van der Waals surface area contributed by atoms with Crippen molar-refractivity contribution in [3.8, 4) is 11.5 Å². The molecule has 2 aromatic rings. The largest absolute Gasteiger partial charge is 0.490 e. The number of benzene rings is 1. The Balaban J connectivity index is 2.22. The average molecular weight is 340 g/mol. The molecule has 20 heavy (non-hydrogen) atoms. The van der Waals surface area contributed by atoms with Crippen molar-refractivity contribution in [3.63, 3.8) is 0 Å². The first-order chi connectivity index (χ1) is 9.63. The van der Waals surface area contributed by atoms with E-state index in [2.05, 4.69) is 26.2 Å². The molecular formula is C13H14BrN3O3. The lowest BCUT2D eigenvalue weighted by Crippen LogP contribution is -2.01. The van der Waals surface area contributed by atoms with E-state index in [1.807, 2.05) is 6.92 Å². The van der Waals surface area contributed by atoms with Gasteiger partial charge >= 0.3 is 0 Å². The number of carbonyl (C=O) groups excluding carboxylic acids is 1. The van der Waals surface area contributed by atoms with Crippen LogP contribution in [-0.2, 0) is 13.7 Å². The highest BCUT2D eigenvalue weighted by Crippen LogP contribution is 2.37. The Kier molecular flexibility index (Phi) is 4.73. The Morgan fingerprint density at radius 1 is 1.40 bits per heavy atom. The van der Waals surface area contributed by atoms with Crippen molar-refractivity contribution in [3.05, 3.63) is 34.1 Å². The van der Waals surface area contributed by atoms with Gasteiger partial charge in [0.15, 0.2) is 11.5 Å². The van der Waals surface area contributed by atoms with Gasteiger partial charge in [0.2, 0.25) is 0 Å². The minimum absolute atomic E-state index is 0.271. The SMILES string of the molecule is CCOc1cc(C=O)cc(Br)c1OCc1cn(C)nn1. The van der Waals surface area contributed by atoms with Gasteiger partial charge in [0.1, 0.15) is 18.6 Å². The standard InChI is InChI=1S/C13H14BrN3O3/c1-3-19-12-5-9(7-18)4-11(14)13(12)20-8-10-6-17(2)16-15-10/h4-7H,3,8H2,1-2H3. The number of hydrogen-bond donors (Lipinski definition) is 0. The van der Waals surface area contributed by atoms with Crippen molar-refractivity contribution in [1.29, 1.82) is 0 Å². The molecule has 0 saturated heterocycles. The molecule has 0 N–H and O–H groups in total. The monoisotopic (exact) mass is 339 g/mol. The third-order valence-electron chi connectivity index (χ3n) is 2.48. The maximum Gasteiger partial charge on any atom is 0.175 e. The summed E-state index contributed by atoms with van der Waals surface area (Å²) in [5.41, 5.74) is 1.23. The van der Waals surface area contributed by atoms with Crippen LogP contribution in [0.4, 0.5) is 0 Å². The van der Waals surface area contributed by atoms with E-state index in [1.54, 1.807) is 30.1 Å². The number of aromatic nitrogens is 3. The Morgan fingerprint density at radius 3 is 2.80 bits per heavy atom. The molecule has 0 spiro atoms. The Bertz CT molecular complexity index is 613. The maximum absolute atomic E-state index is 10.9. The van der Waals surface area contributed by atoms with Crippen LogP contribution < -0.4 is 9.47 Å². The van der Waals surface area contributed by atoms with E-state index in [1.165, 1.54) is 0 Å². The molecule has 0 atom stereocenters. The number of ether oxygens (including phenoxy) is 2. The summed E-state index contributed by atoms with van der Waals surface area (Å²) in [5.74, 6) is 1.07. The van der Waals surface area contributed by atoms with E-state index in [0.29, 0.717) is 33.8 Å². The van der Waals surface area contributed by atoms with Gasteiger partial charge in [-0.15, -0.1) is 5.10 Å². The fraction of sp³-hybridized carbons (Fsp3) is 0.308. The van der Waals surface area contributed by atoms with Gasteiger partial charge in [-0.2, -0.15) is 0 Å². The fourth-order valence-electron chi connectivity index (χ4n) is 1.67. The van der Waals surface area contributed by atoms with Gasteiger partial charge in [-0.1, -0.05) is 5.21 Å². The summed E-state index contributed by atoms with van der Waals surface area (Å²) in [6.07, 6.45) is 2.54. The lowest BCUT2D eigenvalue weighted by molar-refractivity contribution is 0.112. The summed E-state index contributed by atoms with van der Waals surface area (Å²) < 4.78 is 13.5. The lowest BCUT2D eigenvalue weighted by atomic mass is 10.2. The number of rotatable bonds is 6. The van der Waals surface area contributed by atoms with Crippen molar-refractivity contribution >= 4 is 22.2 Å². The highest BCUT2D eigenvalue weighted by Gasteiger charge is 2.13. The van der Waals surface area contributed by atoms with Crippen LogP contribution in [0.1, 0.15) is 23.0 Å². The van der Waals surface area contributed by atoms with Crippen LogP contribution in [-0.4, -0.2) is 27.9 Å². The molecule has 0 aliphatic carbocycles. The number of hydrogen-bond acceptors (Lipinski definition) is 5. The molecule has 106 valence electrons. The zero-order chi connectivity index (χ0) is 14.5. The smallest absolute Gasteiger partial charge is 0.175 e. The van der Waals surface area contributed by atoms with Gasteiger partial charge in [-0.05, 0) is 35.0 Å². The number of aryl methyl sites for hydroxylation is 1. The summed E-state index contributed by atoms with van der Waals surface area (Å²) in [6.45, 7) is 2.62. The van der Waals surface area contributed by atoms with Crippen molar-refractivity contribution < 1.29 is 14.3 Å². The quantitative estimate of drug-likeness (QED) is 0.756. The number of carbonyl (C=O) groups is 1. The van der Waals surface area contributed by atoms with Crippen LogP contribution in [0.2, 0.25) is 0 Å². The zero-order valence-corrected chi connectivity index (χ0v) is 12.8. The molecule has 6 nitrogen and oxygen atoms in total. The van der Waals surface area contributed by atoms with E-state index in [9.17, 15) is 4.79 Å². The van der Waals surface area contributed by atoms with Crippen molar-refractivity contribution in [2.75, 3.05) is 6.61 Å². The molecule has 2 rings (SSSR count). The number of aldehydes is 1. The van der Waals surface area contributed by atoms with Crippen LogP contribution in [0.3, 0.4) is 0 Å². The molecule has 0 aliphatic rings. The summed E-state index contributed by atoms with van der Waals surface area (Å²) in [6, 6.07) is 3.33. The van der Waals surface area contributed by atoms with Crippen LogP contribution in [0.5, 0.6) is 11.5 Å². The number of halogens is 1. The minimum Gasteiger partial charge on any atom is -0.490 e. The Hall–Kier alpha value is -1.89. The Labute approximate surface area is 124 Å². The zero-order valence-electron chi connectivity index (χ0n) is 11.2. The summed E-state index contributed by atoms with van der Waals surface area (Å²) in [7, 11) is 1.79. The minimum atomic E-state index is 0.271.